The lowest BCUT2D eigenvalue weighted by Crippen LogP contribution is -2.57. The van der Waals surface area contributed by atoms with E-state index in [-0.39, 0.29) is 18.2 Å². The summed E-state index contributed by atoms with van der Waals surface area (Å²) in [6, 6.07) is 5.72. The summed E-state index contributed by atoms with van der Waals surface area (Å²) in [6.45, 7) is 5.36. The number of rotatable bonds is 3. The van der Waals surface area contributed by atoms with Crippen LogP contribution in [0.5, 0.6) is 11.5 Å². The smallest absolute Gasteiger partial charge is 0.251 e. The molecule has 0 aliphatic carbocycles. The molecular weight excluding hydrogens is 280 g/mol. The quantitative estimate of drug-likeness (QED) is 0.928. The van der Waals surface area contributed by atoms with Crippen LogP contribution in [-0.2, 0) is 0 Å². The summed E-state index contributed by atoms with van der Waals surface area (Å²) in [5.74, 6) is 2.03. The largest absolute Gasteiger partial charge is 0.451 e. The molecule has 1 aromatic carbocycles. The van der Waals surface area contributed by atoms with Crippen LogP contribution in [0.15, 0.2) is 18.2 Å². The maximum absolute atomic E-state index is 12.5. The minimum absolute atomic E-state index is 0.00917. The van der Waals surface area contributed by atoms with Gasteiger partial charge in [-0.3, -0.25) is 4.79 Å². The summed E-state index contributed by atoms with van der Waals surface area (Å²) in [5.41, 5.74) is 0.649. The van der Waals surface area contributed by atoms with Gasteiger partial charge in [-0.05, 0) is 50.0 Å². The molecule has 5 rings (SSSR count). The molecule has 3 fully saturated rings. The van der Waals surface area contributed by atoms with Crippen LogP contribution in [-0.4, -0.2) is 42.8 Å². The van der Waals surface area contributed by atoms with Crippen LogP contribution in [0.1, 0.15) is 36.5 Å². The van der Waals surface area contributed by atoms with E-state index in [0.29, 0.717) is 17.2 Å². The highest BCUT2D eigenvalue weighted by Crippen LogP contribution is 2.36. The molecule has 5 heteroatoms. The number of carbonyl (C=O) groups is 1. The van der Waals surface area contributed by atoms with Gasteiger partial charge in [0.25, 0.3) is 5.91 Å². The first-order valence-corrected chi connectivity index (χ1v) is 8.23. The van der Waals surface area contributed by atoms with Gasteiger partial charge in [0.1, 0.15) is 0 Å². The Hall–Kier alpha value is -1.75. The zero-order valence-corrected chi connectivity index (χ0v) is 12.9. The van der Waals surface area contributed by atoms with E-state index in [4.69, 9.17) is 9.47 Å². The molecule has 5 nitrogen and oxygen atoms in total. The number of nitrogens with one attached hydrogen (secondary N) is 1. The fourth-order valence-corrected chi connectivity index (χ4v) is 3.69. The van der Waals surface area contributed by atoms with Crippen molar-refractivity contribution in [3.05, 3.63) is 23.8 Å². The van der Waals surface area contributed by atoms with E-state index in [0.717, 1.165) is 18.7 Å². The second-order valence-corrected chi connectivity index (χ2v) is 6.45. The van der Waals surface area contributed by atoms with Gasteiger partial charge in [0.2, 0.25) is 6.29 Å². The Balaban J connectivity index is 1.45. The van der Waals surface area contributed by atoms with Gasteiger partial charge >= 0.3 is 0 Å². The minimum Gasteiger partial charge on any atom is -0.451 e. The van der Waals surface area contributed by atoms with Crippen molar-refractivity contribution in [2.24, 2.45) is 5.92 Å². The molecule has 4 aliphatic rings. The third-order valence-corrected chi connectivity index (χ3v) is 5.03. The molecule has 22 heavy (non-hydrogen) atoms. The van der Waals surface area contributed by atoms with Crippen LogP contribution in [0.3, 0.4) is 0 Å². The van der Waals surface area contributed by atoms with Gasteiger partial charge in [0, 0.05) is 24.6 Å². The molecule has 2 atom stereocenters. The lowest BCUT2D eigenvalue weighted by Gasteiger charge is -2.44. The van der Waals surface area contributed by atoms with Crippen LogP contribution in [0.4, 0.5) is 0 Å². The van der Waals surface area contributed by atoms with Crippen molar-refractivity contribution in [3.63, 3.8) is 0 Å². The van der Waals surface area contributed by atoms with Crippen molar-refractivity contribution in [2.75, 3.05) is 19.6 Å². The average molecular weight is 302 g/mol. The van der Waals surface area contributed by atoms with Crippen molar-refractivity contribution < 1.29 is 14.3 Å². The zero-order chi connectivity index (χ0) is 15.1. The van der Waals surface area contributed by atoms with Crippen molar-refractivity contribution >= 4 is 5.91 Å². The molecule has 4 aliphatic heterocycles. The van der Waals surface area contributed by atoms with Crippen LogP contribution >= 0.6 is 0 Å². The number of benzene rings is 1. The first-order valence-electron chi connectivity index (χ1n) is 8.23. The van der Waals surface area contributed by atoms with Crippen LogP contribution in [0.2, 0.25) is 0 Å². The Morgan fingerprint density at radius 1 is 1.27 bits per heavy atom. The fourth-order valence-electron chi connectivity index (χ4n) is 3.69. The Labute approximate surface area is 130 Å². The lowest BCUT2D eigenvalue weighted by atomic mass is 9.84. The molecule has 118 valence electrons. The molecule has 1 unspecified atom stereocenters. The molecule has 0 saturated carbocycles. The number of fused-ring (bicyclic) bond motifs is 4. The monoisotopic (exact) mass is 302 g/mol. The van der Waals surface area contributed by atoms with Gasteiger partial charge in [-0.25, -0.2) is 0 Å². The highest BCUT2D eigenvalue weighted by Gasteiger charge is 2.35. The number of hydrogen-bond donors (Lipinski definition) is 1. The molecule has 2 bridgehead atoms. The molecular formula is C17H22N2O3. The van der Waals surface area contributed by atoms with Gasteiger partial charge in [0.05, 0.1) is 0 Å². The van der Waals surface area contributed by atoms with Crippen molar-refractivity contribution in [3.8, 4) is 11.5 Å². The normalized spacial score (nSPS) is 32.0. The Kier molecular flexibility index (Phi) is 3.45. The van der Waals surface area contributed by atoms with Gasteiger partial charge in [-0.15, -0.1) is 0 Å². The van der Waals surface area contributed by atoms with E-state index in [1.54, 1.807) is 6.07 Å². The van der Waals surface area contributed by atoms with E-state index in [1.165, 1.54) is 25.9 Å². The Bertz CT molecular complexity index is 581. The summed E-state index contributed by atoms with van der Waals surface area (Å²) < 4.78 is 11.3. The molecule has 1 aromatic rings. The van der Waals surface area contributed by atoms with Crippen LogP contribution in [0, 0.1) is 5.92 Å². The van der Waals surface area contributed by atoms with E-state index in [1.807, 2.05) is 19.1 Å². The fraction of sp³-hybridized carbons (Fsp3) is 0.588. The van der Waals surface area contributed by atoms with E-state index >= 15 is 0 Å². The molecule has 0 radical (unpaired) electrons. The summed E-state index contributed by atoms with van der Waals surface area (Å²) >= 11 is 0. The van der Waals surface area contributed by atoms with E-state index in [9.17, 15) is 4.79 Å². The lowest BCUT2D eigenvalue weighted by molar-refractivity contribution is 0.0463. The van der Waals surface area contributed by atoms with Gasteiger partial charge < -0.3 is 19.7 Å². The van der Waals surface area contributed by atoms with Crippen LogP contribution < -0.4 is 14.8 Å². The molecule has 0 aromatic heterocycles. The van der Waals surface area contributed by atoms with Gasteiger partial charge in [0.15, 0.2) is 11.5 Å². The molecule has 4 heterocycles. The molecule has 1 N–H and O–H groups in total. The number of hydrogen-bond acceptors (Lipinski definition) is 4. The second-order valence-electron chi connectivity index (χ2n) is 6.45. The highest BCUT2D eigenvalue weighted by molar-refractivity contribution is 5.95. The molecule has 1 amide bonds. The van der Waals surface area contributed by atoms with Crippen molar-refractivity contribution in [1.29, 1.82) is 0 Å². The first-order chi connectivity index (χ1) is 10.7. The summed E-state index contributed by atoms with van der Waals surface area (Å²) in [5, 5.41) is 3.21. The Morgan fingerprint density at radius 2 is 2.05 bits per heavy atom. The number of piperidine rings is 3. The zero-order valence-electron chi connectivity index (χ0n) is 12.9. The summed E-state index contributed by atoms with van der Waals surface area (Å²) in [4.78, 5) is 15.0. The summed E-state index contributed by atoms with van der Waals surface area (Å²) in [7, 11) is 0. The highest BCUT2D eigenvalue weighted by atomic mass is 16.7. The van der Waals surface area contributed by atoms with Crippen molar-refractivity contribution in [2.45, 2.75) is 38.5 Å². The number of carbonyl (C=O) groups excluding carboxylic acids is 1. The predicted molar refractivity (Wildman–Crippen MR) is 82.2 cm³/mol. The van der Waals surface area contributed by atoms with Crippen LogP contribution in [0.25, 0.3) is 0 Å². The third kappa shape index (κ3) is 2.43. The second kappa shape index (κ2) is 5.47. The maximum atomic E-state index is 12.5. The SMILES string of the molecule is CCC1Oc2ccc(C(=O)N[C@H]3CN4CCC3CC4)cc2O1. The standard InChI is InChI=1S/C17H22N2O3/c1-2-16-21-14-4-3-12(9-15(14)22-16)17(20)18-13-10-19-7-5-11(13)6-8-19/h3-4,9,11,13,16H,2,5-8,10H2,1H3,(H,18,20)/t13-,16?/m0/s1. The van der Waals surface area contributed by atoms with Crippen molar-refractivity contribution in [1.82, 2.24) is 10.2 Å². The summed E-state index contributed by atoms with van der Waals surface area (Å²) in [6.07, 6.45) is 2.96. The number of nitrogens with zero attached hydrogens (tertiary/aromatic N) is 1. The number of amides is 1. The maximum Gasteiger partial charge on any atom is 0.251 e. The van der Waals surface area contributed by atoms with Gasteiger partial charge in [-0.2, -0.15) is 0 Å². The third-order valence-electron chi connectivity index (χ3n) is 5.03. The first kappa shape index (κ1) is 13.9. The molecule has 0 spiro atoms. The van der Waals surface area contributed by atoms with E-state index < -0.39 is 0 Å². The minimum atomic E-state index is -0.227. The van der Waals surface area contributed by atoms with Gasteiger partial charge in [-0.1, -0.05) is 6.92 Å². The number of ether oxygens (including phenoxy) is 2. The Morgan fingerprint density at radius 3 is 2.73 bits per heavy atom. The predicted octanol–water partition coefficient (Wildman–Crippen LogP) is 2.02. The average Bonchev–Trinajstić information content (AvgIpc) is 2.98. The topological polar surface area (TPSA) is 50.8 Å². The van der Waals surface area contributed by atoms with E-state index in [2.05, 4.69) is 10.2 Å². The molecule has 3 saturated heterocycles.